The van der Waals surface area contributed by atoms with Crippen molar-refractivity contribution in [3.05, 3.63) is 76.2 Å². The number of amides is 1. The van der Waals surface area contributed by atoms with Crippen molar-refractivity contribution in [2.24, 2.45) is 0 Å². The minimum absolute atomic E-state index is 0.319. The monoisotopic (exact) mass is 348 g/mol. The number of hydrogen-bond acceptors (Lipinski definition) is 5. The normalized spacial score (nSPS) is 10.7. The number of thiazole rings is 1. The number of aromatic nitrogens is 3. The first-order valence-corrected chi connectivity index (χ1v) is 8.38. The van der Waals surface area contributed by atoms with Gasteiger partial charge in [0.05, 0.1) is 11.3 Å². The smallest absolute Gasteiger partial charge is 0.258 e. The molecule has 4 aromatic rings. The number of fused-ring (bicyclic) bond motifs is 1. The van der Waals surface area contributed by atoms with Crippen molar-refractivity contribution < 1.29 is 4.79 Å². The van der Waals surface area contributed by atoms with Crippen LogP contribution in [0.2, 0.25) is 0 Å². The van der Waals surface area contributed by atoms with E-state index in [0.717, 1.165) is 11.3 Å². The van der Waals surface area contributed by atoms with Gasteiger partial charge >= 0.3 is 0 Å². The van der Waals surface area contributed by atoms with Crippen LogP contribution in [0.25, 0.3) is 22.2 Å². The number of hydrogen-bond donors (Lipinski definition) is 2. The lowest BCUT2D eigenvalue weighted by Gasteiger charge is -2.05. The number of rotatable bonds is 3. The van der Waals surface area contributed by atoms with Crippen LogP contribution >= 0.6 is 11.3 Å². The maximum absolute atomic E-state index is 12.6. The standard InChI is InChI=1S/C18H12N4O2S/c23-16-9-13(12-3-1-2-4-14(12)20-16)17(24)22-18-21-15(10-25-18)11-5-7-19-8-6-11/h1-10H,(H,20,23)(H,21,22,24). The summed E-state index contributed by atoms with van der Waals surface area (Å²) in [6.45, 7) is 0. The number of H-pyrrole nitrogens is 1. The van der Waals surface area contributed by atoms with Gasteiger partial charge in [-0.05, 0) is 18.2 Å². The molecule has 0 fully saturated rings. The Hall–Kier alpha value is -3.32. The van der Waals surface area contributed by atoms with Crippen molar-refractivity contribution in [2.45, 2.75) is 0 Å². The first kappa shape index (κ1) is 15.2. The molecule has 0 aliphatic heterocycles. The van der Waals surface area contributed by atoms with Crippen LogP contribution in [0.4, 0.5) is 5.13 Å². The highest BCUT2D eigenvalue weighted by atomic mass is 32.1. The Morgan fingerprint density at radius 3 is 2.76 bits per heavy atom. The summed E-state index contributed by atoms with van der Waals surface area (Å²) in [6.07, 6.45) is 3.38. The number of carbonyl (C=O) groups is 1. The molecule has 3 heterocycles. The second-order valence-corrected chi connectivity index (χ2v) is 6.18. The van der Waals surface area contributed by atoms with Gasteiger partial charge in [-0.2, -0.15) is 0 Å². The van der Waals surface area contributed by atoms with Crippen LogP contribution in [0.5, 0.6) is 0 Å². The van der Waals surface area contributed by atoms with E-state index in [1.165, 1.54) is 17.4 Å². The summed E-state index contributed by atoms with van der Waals surface area (Å²) in [5.41, 5.74) is 2.31. The molecule has 7 heteroatoms. The third-order valence-electron chi connectivity index (χ3n) is 3.70. The molecule has 0 bridgehead atoms. The molecule has 1 aromatic carbocycles. The zero-order chi connectivity index (χ0) is 17.2. The molecule has 4 rings (SSSR count). The van der Waals surface area contributed by atoms with Crippen LogP contribution < -0.4 is 10.9 Å². The molecule has 6 nitrogen and oxygen atoms in total. The average molecular weight is 348 g/mol. The molecular weight excluding hydrogens is 336 g/mol. The van der Waals surface area contributed by atoms with Crippen molar-refractivity contribution in [3.8, 4) is 11.3 Å². The molecule has 1 amide bonds. The van der Waals surface area contributed by atoms with E-state index >= 15 is 0 Å². The predicted octanol–water partition coefficient (Wildman–Crippen LogP) is 3.30. The zero-order valence-corrected chi connectivity index (χ0v) is 13.7. The molecular formula is C18H12N4O2S. The van der Waals surface area contributed by atoms with Gasteiger partial charge in [0.25, 0.3) is 5.91 Å². The minimum atomic E-state index is -0.363. The van der Waals surface area contributed by atoms with Crippen LogP contribution in [0.1, 0.15) is 10.4 Å². The number of anilines is 1. The van der Waals surface area contributed by atoms with Crippen molar-refractivity contribution >= 4 is 33.3 Å². The molecule has 0 saturated heterocycles. The maximum atomic E-state index is 12.6. The molecule has 0 radical (unpaired) electrons. The molecule has 2 N–H and O–H groups in total. The van der Waals surface area contributed by atoms with Crippen LogP contribution in [0.3, 0.4) is 0 Å². The van der Waals surface area contributed by atoms with E-state index in [1.54, 1.807) is 24.5 Å². The molecule has 0 saturated carbocycles. The van der Waals surface area contributed by atoms with Gasteiger partial charge in [-0.1, -0.05) is 18.2 Å². The van der Waals surface area contributed by atoms with Gasteiger partial charge in [0.1, 0.15) is 0 Å². The second-order valence-electron chi connectivity index (χ2n) is 5.32. The largest absolute Gasteiger partial charge is 0.322 e. The van der Waals surface area contributed by atoms with E-state index in [1.807, 2.05) is 29.6 Å². The van der Waals surface area contributed by atoms with Gasteiger partial charge in [0.2, 0.25) is 5.56 Å². The fourth-order valence-corrected chi connectivity index (χ4v) is 3.26. The van der Waals surface area contributed by atoms with Crippen molar-refractivity contribution in [3.63, 3.8) is 0 Å². The Bertz CT molecular complexity index is 1120. The quantitative estimate of drug-likeness (QED) is 0.595. The number of nitrogens with zero attached hydrogens (tertiary/aromatic N) is 2. The number of para-hydroxylation sites is 1. The number of carbonyl (C=O) groups excluding carboxylic acids is 1. The third kappa shape index (κ3) is 3.05. The molecule has 0 aliphatic carbocycles. The van der Waals surface area contributed by atoms with Crippen LogP contribution in [-0.4, -0.2) is 20.9 Å². The molecule has 0 spiro atoms. The molecule has 25 heavy (non-hydrogen) atoms. The van der Waals surface area contributed by atoms with Crippen molar-refractivity contribution in [1.82, 2.24) is 15.0 Å². The highest BCUT2D eigenvalue weighted by Gasteiger charge is 2.14. The first-order valence-electron chi connectivity index (χ1n) is 7.50. The van der Waals surface area contributed by atoms with Crippen LogP contribution in [0.15, 0.2) is 65.0 Å². The Balaban J connectivity index is 1.65. The van der Waals surface area contributed by atoms with Gasteiger partial charge in [-0.15, -0.1) is 11.3 Å². The summed E-state index contributed by atoms with van der Waals surface area (Å²) in [7, 11) is 0. The maximum Gasteiger partial charge on any atom is 0.258 e. The van der Waals surface area contributed by atoms with Gasteiger partial charge in [-0.25, -0.2) is 4.98 Å². The Morgan fingerprint density at radius 2 is 1.92 bits per heavy atom. The number of nitrogens with one attached hydrogen (secondary N) is 2. The molecule has 0 atom stereocenters. The lowest BCUT2D eigenvalue weighted by molar-refractivity contribution is 0.102. The Morgan fingerprint density at radius 1 is 1.12 bits per heavy atom. The third-order valence-corrected chi connectivity index (χ3v) is 4.45. The van der Waals surface area contributed by atoms with Gasteiger partial charge < -0.3 is 4.98 Å². The summed E-state index contributed by atoms with van der Waals surface area (Å²) in [5, 5.41) is 5.79. The van der Waals surface area contributed by atoms with Gasteiger partial charge in [0.15, 0.2) is 5.13 Å². The SMILES string of the molecule is O=C(Nc1nc(-c2ccncc2)cs1)c1cc(=O)[nH]c2ccccc12. The van der Waals surface area contributed by atoms with E-state index in [4.69, 9.17) is 0 Å². The van der Waals surface area contributed by atoms with Crippen LogP contribution in [0, 0.1) is 0 Å². The Labute approximate surface area is 146 Å². The first-order chi connectivity index (χ1) is 12.2. The molecule has 0 unspecified atom stereocenters. The predicted molar refractivity (Wildman–Crippen MR) is 97.9 cm³/mol. The minimum Gasteiger partial charge on any atom is -0.322 e. The van der Waals surface area contributed by atoms with Crippen molar-refractivity contribution in [1.29, 1.82) is 0 Å². The summed E-state index contributed by atoms with van der Waals surface area (Å²) in [4.78, 5) is 35.5. The summed E-state index contributed by atoms with van der Waals surface area (Å²) < 4.78 is 0. The fraction of sp³-hybridized carbons (Fsp3) is 0. The topological polar surface area (TPSA) is 87.7 Å². The van der Waals surface area contributed by atoms with Gasteiger partial charge in [0, 0.05) is 40.3 Å². The fourth-order valence-electron chi connectivity index (χ4n) is 2.54. The van der Waals surface area contributed by atoms with Crippen molar-refractivity contribution in [2.75, 3.05) is 5.32 Å². The van der Waals surface area contributed by atoms with E-state index < -0.39 is 0 Å². The van der Waals surface area contributed by atoms with Gasteiger partial charge in [-0.3, -0.25) is 19.9 Å². The van der Waals surface area contributed by atoms with E-state index in [9.17, 15) is 9.59 Å². The Kier molecular flexibility index (Phi) is 3.83. The zero-order valence-electron chi connectivity index (χ0n) is 12.9. The molecule has 122 valence electrons. The highest BCUT2D eigenvalue weighted by Crippen LogP contribution is 2.25. The summed E-state index contributed by atoms with van der Waals surface area (Å²) in [6, 6.07) is 12.2. The number of benzene rings is 1. The van der Waals surface area contributed by atoms with E-state index in [2.05, 4.69) is 20.3 Å². The van der Waals surface area contributed by atoms with E-state index in [0.29, 0.717) is 21.6 Å². The highest BCUT2D eigenvalue weighted by molar-refractivity contribution is 7.14. The van der Waals surface area contributed by atoms with E-state index in [-0.39, 0.29) is 11.5 Å². The molecule has 3 aromatic heterocycles. The average Bonchev–Trinajstić information content (AvgIpc) is 3.10. The number of aromatic amines is 1. The lowest BCUT2D eigenvalue weighted by atomic mass is 10.1. The lowest BCUT2D eigenvalue weighted by Crippen LogP contribution is -2.16. The summed E-state index contributed by atoms with van der Waals surface area (Å²) in [5.74, 6) is -0.363. The second kappa shape index (κ2) is 6.29. The molecule has 0 aliphatic rings. The van der Waals surface area contributed by atoms with Crippen LogP contribution in [-0.2, 0) is 0 Å². The summed E-state index contributed by atoms with van der Waals surface area (Å²) >= 11 is 1.33. The number of pyridine rings is 2.